The van der Waals surface area contributed by atoms with Crippen molar-refractivity contribution in [3.63, 3.8) is 0 Å². The Morgan fingerprint density at radius 3 is 2.79 bits per heavy atom. The standard InChI is InChI=1S/C8H10BrClN4/c1-4-2-5(9)7(3-6(4)10)13-8(11)14-12/h2-3H,12H2,1H3,(H3,11,13,14). The Labute approximate surface area is 95.4 Å². The summed E-state index contributed by atoms with van der Waals surface area (Å²) in [4.78, 5) is 4.01. The van der Waals surface area contributed by atoms with Crippen LogP contribution in [0.1, 0.15) is 5.56 Å². The average Bonchev–Trinajstić information content (AvgIpc) is 2.14. The molecule has 0 aliphatic heterocycles. The van der Waals surface area contributed by atoms with E-state index in [1.165, 1.54) is 0 Å². The van der Waals surface area contributed by atoms with E-state index in [2.05, 4.69) is 26.3 Å². The number of hydrogen-bond acceptors (Lipinski definition) is 2. The highest BCUT2D eigenvalue weighted by atomic mass is 79.9. The van der Waals surface area contributed by atoms with Gasteiger partial charge in [-0.25, -0.2) is 10.8 Å². The molecule has 0 aliphatic rings. The van der Waals surface area contributed by atoms with Crippen molar-refractivity contribution in [2.24, 2.45) is 16.6 Å². The number of nitrogens with zero attached hydrogens (tertiary/aromatic N) is 1. The van der Waals surface area contributed by atoms with Crippen molar-refractivity contribution in [2.75, 3.05) is 0 Å². The molecule has 0 heterocycles. The van der Waals surface area contributed by atoms with Gasteiger partial charge in [-0.15, -0.1) is 0 Å². The second-order valence-corrected chi connectivity index (χ2v) is 3.96. The van der Waals surface area contributed by atoms with Gasteiger partial charge in [-0.05, 0) is 40.5 Å². The molecule has 0 saturated carbocycles. The molecule has 0 unspecified atom stereocenters. The molecule has 1 aromatic carbocycles. The summed E-state index contributed by atoms with van der Waals surface area (Å²) in [6.07, 6.45) is 0. The van der Waals surface area contributed by atoms with Gasteiger partial charge < -0.3 is 5.73 Å². The van der Waals surface area contributed by atoms with Gasteiger partial charge in [0, 0.05) is 9.50 Å². The minimum atomic E-state index is 0.130. The third-order valence-corrected chi connectivity index (χ3v) is 2.66. The van der Waals surface area contributed by atoms with E-state index in [1.807, 2.05) is 13.0 Å². The Bertz CT molecular complexity index is 378. The fraction of sp³-hybridized carbons (Fsp3) is 0.125. The van der Waals surface area contributed by atoms with Gasteiger partial charge in [0.25, 0.3) is 0 Å². The predicted octanol–water partition coefficient (Wildman–Crippen LogP) is 1.82. The van der Waals surface area contributed by atoms with Crippen LogP contribution in [-0.2, 0) is 0 Å². The van der Waals surface area contributed by atoms with E-state index >= 15 is 0 Å². The molecule has 1 aromatic rings. The third kappa shape index (κ3) is 2.60. The number of guanidine groups is 1. The topological polar surface area (TPSA) is 76.4 Å². The molecule has 0 amide bonds. The van der Waals surface area contributed by atoms with E-state index in [0.717, 1.165) is 10.0 Å². The largest absolute Gasteiger partial charge is 0.369 e. The van der Waals surface area contributed by atoms with E-state index < -0.39 is 0 Å². The zero-order valence-corrected chi connectivity index (χ0v) is 9.85. The maximum absolute atomic E-state index is 5.93. The fourth-order valence-corrected chi connectivity index (χ4v) is 1.59. The highest BCUT2D eigenvalue weighted by Crippen LogP contribution is 2.31. The summed E-state index contributed by atoms with van der Waals surface area (Å²) < 4.78 is 0.817. The van der Waals surface area contributed by atoms with Gasteiger partial charge in [-0.2, -0.15) is 0 Å². The Morgan fingerprint density at radius 2 is 2.21 bits per heavy atom. The second-order valence-electron chi connectivity index (χ2n) is 2.69. The normalized spacial score (nSPS) is 11.6. The lowest BCUT2D eigenvalue weighted by atomic mass is 10.2. The van der Waals surface area contributed by atoms with Crippen molar-refractivity contribution in [3.8, 4) is 0 Å². The van der Waals surface area contributed by atoms with Crippen molar-refractivity contribution in [1.82, 2.24) is 5.43 Å². The van der Waals surface area contributed by atoms with Gasteiger partial charge >= 0.3 is 0 Å². The first kappa shape index (κ1) is 11.3. The molecule has 0 atom stereocenters. The summed E-state index contributed by atoms with van der Waals surface area (Å²) in [6, 6.07) is 3.58. The molecular weight excluding hydrogens is 267 g/mol. The summed E-state index contributed by atoms with van der Waals surface area (Å²) in [5.41, 5.74) is 9.25. The van der Waals surface area contributed by atoms with Crippen LogP contribution in [0.25, 0.3) is 0 Å². The van der Waals surface area contributed by atoms with Gasteiger partial charge in [0.15, 0.2) is 0 Å². The first-order chi connectivity index (χ1) is 6.54. The number of aliphatic imine (C=N–C) groups is 1. The fourth-order valence-electron chi connectivity index (χ4n) is 0.884. The number of benzene rings is 1. The SMILES string of the molecule is Cc1cc(Br)c(N=C(N)NN)cc1Cl. The molecule has 0 spiro atoms. The van der Waals surface area contributed by atoms with Crippen molar-refractivity contribution < 1.29 is 0 Å². The molecule has 0 bridgehead atoms. The smallest absolute Gasteiger partial charge is 0.208 e. The van der Waals surface area contributed by atoms with Crippen LogP contribution in [0.4, 0.5) is 5.69 Å². The molecule has 14 heavy (non-hydrogen) atoms. The van der Waals surface area contributed by atoms with Crippen molar-refractivity contribution in [3.05, 3.63) is 27.2 Å². The van der Waals surface area contributed by atoms with Gasteiger partial charge in [0.2, 0.25) is 5.96 Å². The lowest BCUT2D eigenvalue weighted by Crippen LogP contribution is -2.36. The minimum Gasteiger partial charge on any atom is -0.369 e. The first-order valence-corrected chi connectivity index (χ1v) is 4.98. The Morgan fingerprint density at radius 1 is 1.57 bits per heavy atom. The van der Waals surface area contributed by atoms with Crippen LogP contribution in [0, 0.1) is 6.92 Å². The predicted molar refractivity (Wildman–Crippen MR) is 62.5 cm³/mol. The molecule has 0 saturated heterocycles. The highest BCUT2D eigenvalue weighted by molar-refractivity contribution is 9.10. The first-order valence-electron chi connectivity index (χ1n) is 3.81. The van der Waals surface area contributed by atoms with E-state index in [4.69, 9.17) is 23.2 Å². The zero-order chi connectivity index (χ0) is 10.7. The third-order valence-electron chi connectivity index (χ3n) is 1.62. The maximum Gasteiger partial charge on any atom is 0.208 e. The lowest BCUT2D eigenvalue weighted by Gasteiger charge is -2.04. The number of nitrogens with one attached hydrogen (secondary N) is 1. The molecule has 0 aromatic heterocycles. The van der Waals surface area contributed by atoms with E-state index in [1.54, 1.807) is 6.07 Å². The molecule has 0 aliphatic carbocycles. The number of hydrazine groups is 1. The Balaban J connectivity index is 3.16. The molecule has 6 heteroatoms. The number of rotatable bonds is 1. The Hall–Kier alpha value is -0.780. The van der Waals surface area contributed by atoms with Crippen LogP contribution in [0.2, 0.25) is 5.02 Å². The van der Waals surface area contributed by atoms with Crippen LogP contribution in [0.3, 0.4) is 0 Å². The summed E-state index contributed by atoms with van der Waals surface area (Å²) in [5, 5.41) is 0.636. The molecule has 76 valence electrons. The molecule has 1 rings (SSSR count). The summed E-state index contributed by atoms with van der Waals surface area (Å²) in [5.74, 6) is 5.21. The van der Waals surface area contributed by atoms with Gasteiger partial charge in [-0.3, -0.25) is 5.43 Å². The molecule has 4 nitrogen and oxygen atoms in total. The summed E-state index contributed by atoms with van der Waals surface area (Å²) in [7, 11) is 0. The van der Waals surface area contributed by atoms with Crippen molar-refractivity contribution in [1.29, 1.82) is 0 Å². The maximum atomic E-state index is 5.93. The van der Waals surface area contributed by atoms with Crippen LogP contribution in [0.5, 0.6) is 0 Å². The van der Waals surface area contributed by atoms with E-state index in [0.29, 0.717) is 10.7 Å². The lowest BCUT2D eigenvalue weighted by molar-refractivity contribution is 1.01. The minimum absolute atomic E-state index is 0.130. The molecular formula is C8H10BrClN4. The van der Waals surface area contributed by atoms with E-state index in [9.17, 15) is 0 Å². The summed E-state index contributed by atoms with van der Waals surface area (Å²) >= 11 is 9.28. The Kier molecular flexibility index (Phi) is 3.74. The number of halogens is 2. The van der Waals surface area contributed by atoms with Gasteiger partial charge in [-0.1, -0.05) is 11.6 Å². The number of aryl methyl sites for hydroxylation is 1. The van der Waals surface area contributed by atoms with Crippen LogP contribution in [-0.4, -0.2) is 5.96 Å². The monoisotopic (exact) mass is 276 g/mol. The highest BCUT2D eigenvalue weighted by Gasteiger charge is 2.03. The number of nitrogens with two attached hydrogens (primary N) is 2. The van der Waals surface area contributed by atoms with Crippen LogP contribution in [0.15, 0.2) is 21.6 Å². The van der Waals surface area contributed by atoms with Crippen LogP contribution >= 0.6 is 27.5 Å². The van der Waals surface area contributed by atoms with Crippen LogP contribution < -0.4 is 17.0 Å². The quantitative estimate of drug-likeness (QED) is 0.317. The van der Waals surface area contributed by atoms with Gasteiger partial charge in [0.1, 0.15) is 0 Å². The second kappa shape index (κ2) is 4.63. The molecule has 5 N–H and O–H groups in total. The van der Waals surface area contributed by atoms with Crippen molar-refractivity contribution >= 4 is 39.2 Å². The van der Waals surface area contributed by atoms with Gasteiger partial charge in [0.05, 0.1) is 5.69 Å². The molecule has 0 fully saturated rings. The van der Waals surface area contributed by atoms with Crippen molar-refractivity contribution in [2.45, 2.75) is 6.92 Å². The molecule has 0 radical (unpaired) electrons. The number of hydrogen-bond donors (Lipinski definition) is 3. The zero-order valence-electron chi connectivity index (χ0n) is 7.51. The summed E-state index contributed by atoms with van der Waals surface area (Å²) in [6.45, 7) is 1.91. The van der Waals surface area contributed by atoms with E-state index in [-0.39, 0.29) is 5.96 Å². The average molecular weight is 278 g/mol.